The van der Waals surface area contributed by atoms with Gasteiger partial charge in [-0.3, -0.25) is 9.59 Å². The highest BCUT2D eigenvalue weighted by atomic mass is 16.4. The van der Waals surface area contributed by atoms with Gasteiger partial charge in [-0.15, -0.1) is 0 Å². The van der Waals surface area contributed by atoms with Crippen molar-refractivity contribution in [2.75, 3.05) is 18.4 Å². The van der Waals surface area contributed by atoms with Crippen LogP contribution < -0.4 is 10.6 Å². The molecule has 1 aliphatic carbocycles. The lowest BCUT2D eigenvalue weighted by atomic mass is 10.1. The summed E-state index contributed by atoms with van der Waals surface area (Å²) in [5, 5.41) is 15.0. The van der Waals surface area contributed by atoms with Crippen LogP contribution in [-0.4, -0.2) is 41.0 Å². The SMILES string of the molecule is CCN(CC)C(=O)Nc1ccc(C(C)NC(=O)[C@@H]2[C@H](C(=O)O)C2(C)C)cc1. The molecule has 7 heteroatoms. The van der Waals surface area contributed by atoms with E-state index in [1.165, 1.54) is 0 Å². The maximum Gasteiger partial charge on any atom is 0.321 e. The molecular formula is C20H29N3O4. The molecular weight excluding hydrogens is 346 g/mol. The van der Waals surface area contributed by atoms with E-state index in [1.54, 1.807) is 30.9 Å². The van der Waals surface area contributed by atoms with Gasteiger partial charge < -0.3 is 20.6 Å². The number of hydrogen-bond acceptors (Lipinski definition) is 3. The molecule has 7 nitrogen and oxygen atoms in total. The van der Waals surface area contributed by atoms with E-state index in [9.17, 15) is 19.5 Å². The van der Waals surface area contributed by atoms with Gasteiger partial charge in [-0.2, -0.15) is 0 Å². The lowest BCUT2D eigenvalue weighted by Gasteiger charge is -2.20. The highest BCUT2D eigenvalue weighted by Crippen LogP contribution is 2.58. The van der Waals surface area contributed by atoms with Crippen molar-refractivity contribution in [3.8, 4) is 0 Å². The van der Waals surface area contributed by atoms with Crippen LogP contribution in [0, 0.1) is 17.3 Å². The van der Waals surface area contributed by atoms with Crippen LogP contribution in [0.25, 0.3) is 0 Å². The van der Waals surface area contributed by atoms with Gasteiger partial charge in [-0.1, -0.05) is 26.0 Å². The number of hydrogen-bond donors (Lipinski definition) is 3. The van der Waals surface area contributed by atoms with Crippen molar-refractivity contribution < 1.29 is 19.5 Å². The second-order valence-electron chi connectivity index (χ2n) is 7.57. The lowest BCUT2D eigenvalue weighted by Crippen LogP contribution is -2.34. The number of anilines is 1. The summed E-state index contributed by atoms with van der Waals surface area (Å²) in [5.41, 5.74) is 1.05. The molecule has 0 saturated heterocycles. The van der Waals surface area contributed by atoms with Crippen LogP contribution in [0.1, 0.15) is 46.2 Å². The molecule has 3 amide bonds. The topological polar surface area (TPSA) is 98.7 Å². The molecule has 0 heterocycles. The van der Waals surface area contributed by atoms with Gasteiger partial charge >= 0.3 is 12.0 Å². The maximum absolute atomic E-state index is 12.4. The second-order valence-corrected chi connectivity index (χ2v) is 7.57. The molecule has 0 spiro atoms. The molecule has 1 aromatic carbocycles. The molecule has 1 unspecified atom stereocenters. The van der Waals surface area contributed by atoms with Crippen molar-refractivity contribution in [3.05, 3.63) is 29.8 Å². The molecule has 1 aliphatic rings. The standard InChI is InChI=1S/C20H29N3O4/c1-6-23(7-2)19(27)22-14-10-8-13(9-11-14)12(3)21-17(24)15-16(18(25)26)20(15,4)5/h8-12,15-16H,6-7H2,1-5H3,(H,21,24)(H,22,27)(H,25,26)/t12?,15-,16+/m0/s1. The van der Waals surface area contributed by atoms with Gasteiger partial charge in [0, 0.05) is 18.8 Å². The summed E-state index contributed by atoms with van der Waals surface area (Å²) < 4.78 is 0. The summed E-state index contributed by atoms with van der Waals surface area (Å²) in [6, 6.07) is 6.87. The molecule has 27 heavy (non-hydrogen) atoms. The van der Waals surface area contributed by atoms with Gasteiger partial charge in [0.25, 0.3) is 0 Å². The number of carboxylic acids is 1. The number of rotatable bonds is 7. The number of urea groups is 1. The monoisotopic (exact) mass is 375 g/mol. The van der Waals surface area contributed by atoms with Crippen molar-refractivity contribution >= 4 is 23.6 Å². The first-order valence-corrected chi connectivity index (χ1v) is 9.32. The average molecular weight is 375 g/mol. The zero-order chi connectivity index (χ0) is 20.4. The minimum atomic E-state index is -0.930. The summed E-state index contributed by atoms with van der Waals surface area (Å²) >= 11 is 0. The first-order valence-electron chi connectivity index (χ1n) is 9.32. The van der Waals surface area contributed by atoms with Crippen LogP contribution in [0.4, 0.5) is 10.5 Å². The fourth-order valence-corrected chi connectivity index (χ4v) is 3.54. The predicted octanol–water partition coefficient (Wildman–Crippen LogP) is 3.09. The number of carbonyl (C=O) groups excluding carboxylic acids is 2. The van der Waals surface area contributed by atoms with E-state index in [4.69, 9.17) is 0 Å². The Morgan fingerprint density at radius 1 is 1.11 bits per heavy atom. The van der Waals surface area contributed by atoms with Crippen LogP contribution >= 0.6 is 0 Å². The Labute approximate surface area is 160 Å². The van der Waals surface area contributed by atoms with Crippen LogP contribution in [0.5, 0.6) is 0 Å². The molecule has 148 valence electrons. The first-order chi connectivity index (χ1) is 12.6. The summed E-state index contributed by atoms with van der Waals surface area (Å²) in [6.45, 7) is 10.6. The Hall–Kier alpha value is -2.57. The van der Waals surface area contributed by atoms with E-state index >= 15 is 0 Å². The number of aliphatic carboxylic acids is 1. The number of amides is 3. The molecule has 0 bridgehead atoms. The zero-order valence-electron chi connectivity index (χ0n) is 16.6. The largest absolute Gasteiger partial charge is 0.481 e. The summed E-state index contributed by atoms with van der Waals surface area (Å²) in [4.78, 5) is 37.4. The lowest BCUT2D eigenvalue weighted by molar-refractivity contribution is -0.140. The van der Waals surface area contributed by atoms with Crippen molar-refractivity contribution in [1.82, 2.24) is 10.2 Å². The van der Waals surface area contributed by atoms with Crippen LogP contribution in [0.15, 0.2) is 24.3 Å². The number of carboxylic acid groups (broad SMARTS) is 1. The Kier molecular flexibility index (Phi) is 6.13. The van der Waals surface area contributed by atoms with Crippen LogP contribution in [0.2, 0.25) is 0 Å². The van der Waals surface area contributed by atoms with Crippen LogP contribution in [0.3, 0.4) is 0 Å². The summed E-state index contributed by atoms with van der Waals surface area (Å²) in [7, 11) is 0. The molecule has 1 aromatic rings. The third-order valence-corrected chi connectivity index (χ3v) is 5.45. The van der Waals surface area contributed by atoms with E-state index in [1.807, 2.05) is 32.9 Å². The number of carbonyl (C=O) groups is 3. The van der Waals surface area contributed by atoms with Crippen molar-refractivity contribution in [2.24, 2.45) is 17.3 Å². The number of benzene rings is 1. The van der Waals surface area contributed by atoms with Gasteiger partial charge in [0.05, 0.1) is 17.9 Å². The Morgan fingerprint density at radius 3 is 2.11 bits per heavy atom. The Bertz CT molecular complexity index is 710. The minimum absolute atomic E-state index is 0.148. The quantitative estimate of drug-likeness (QED) is 0.682. The Balaban J connectivity index is 1.96. The van der Waals surface area contributed by atoms with Crippen molar-refractivity contribution in [3.63, 3.8) is 0 Å². The first kappa shape index (κ1) is 20.7. The zero-order valence-corrected chi connectivity index (χ0v) is 16.6. The highest BCUT2D eigenvalue weighted by Gasteiger charge is 2.65. The third kappa shape index (κ3) is 4.40. The van der Waals surface area contributed by atoms with E-state index in [0.29, 0.717) is 18.8 Å². The number of nitrogens with zero attached hydrogens (tertiary/aromatic N) is 1. The summed E-state index contributed by atoms with van der Waals surface area (Å²) in [6.07, 6.45) is 0. The fraction of sp³-hybridized carbons (Fsp3) is 0.550. The Morgan fingerprint density at radius 2 is 1.67 bits per heavy atom. The molecule has 2 rings (SSSR count). The van der Waals surface area contributed by atoms with E-state index in [-0.39, 0.29) is 18.0 Å². The maximum atomic E-state index is 12.4. The molecule has 0 aliphatic heterocycles. The van der Waals surface area contributed by atoms with Gasteiger partial charge in [-0.05, 0) is 43.9 Å². The molecule has 0 aromatic heterocycles. The minimum Gasteiger partial charge on any atom is -0.481 e. The summed E-state index contributed by atoms with van der Waals surface area (Å²) in [5.74, 6) is -2.31. The van der Waals surface area contributed by atoms with Gasteiger partial charge in [-0.25, -0.2) is 4.79 Å². The predicted molar refractivity (Wildman–Crippen MR) is 103 cm³/mol. The normalized spacial score (nSPS) is 21.1. The van der Waals surface area contributed by atoms with Gasteiger partial charge in [0.1, 0.15) is 0 Å². The average Bonchev–Trinajstić information content (AvgIpc) is 3.19. The van der Waals surface area contributed by atoms with Gasteiger partial charge in [0.15, 0.2) is 0 Å². The van der Waals surface area contributed by atoms with E-state index in [0.717, 1.165) is 5.56 Å². The highest BCUT2D eigenvalue weighted by molar-refractivity contribution is 5.92. The van der Waals surface area contributed by atoms with E-state index in [2.05, 4.69) is 10.6 Å². The molecule has 3 atom stereocenters. The fourth-order valence-electron chi connectivity index (χ4n) is 3.54. The third-order valence-electron chi connectivity index (χ3n) is 5.45. The molecule has 3 N–H and O–H groups in total. The smallest absolute Gasteiger partial charge is 0.321 e. The second kappa shape index (κ2) is 7.98. The van der Waals surface area contributed by atoms with E-state index < -0.39 is 23.2 Å². The van der Waals surface area contributed by atoms with Crippen LogP contribution in [-0.2, 0) is 9.59 Å². The molecule has 1 fully saturated rings. The molecule has 0 radical (unpaired) electrons. The molecule has 1 saturated carbocycles. The van der Waals surface area contributed by atoms with Gasteiger partial charge in [0.2, 0.25) is 5.91 Å². The van der Waals surface area contributed by atoms with Crippen molar-refractivity contribution in [2.45, 2.75) is 40.7 Å². The number of nitrogens with one attached hydrogen (secondary N) is 2. The van der Waals surface area contributed by atoms with Crippen molar-refractivity contribution in [1.29, 1.82) is 0 Å².